The van der Waals surface area contributed by atoms with E-state index in [1.54, 1.807) is 11.1 Å². The number of halogens is 1. The molecule has 2 aromatic heterocycles. The Labute approximate surface area is 149 Å². The summed E-state index contributed by atoms with van der Waals surface area (Å²) in [5.41, 5.74) is -0.0928. The number of nitrogens with zero attached hydrogens (tertiary/aromatic N) is 6. The van der Waals surface area contributed by atoms with Gasteiger partial charge in [0.15, 0.2) is 18.0 Å². The molecule has 3 heterocycles. The number of likely N-dealkylation sites (N-methyl/N-ethyl adjacent to an activating group) is 1. The first-order chi connectivity index (χ1) is 11.8. The van der Waals surface area contributed by atoms with Crippen molar-refractivity contribution >= 4 is 35.3 Å². The number of amides is 1. The number of fused-ring (bicyclic) bond motifs is 1. The normalized spacial score (nSPS) is 18.0. The van der Waals surface area contributed by atoms with Gasteiger partial charge in [-0.1, -0.05) is 0 Å². The second-order valence-corrected chi connectivity index (χ2v) is 7.48. The van der Waals surface area contributed by atoms with Crippen molar-refractivity contribution in [2.75, 3.05) is 25.0 Å². The number of anilines is 1. The highest BCUT2D eigenvalue weighted by atomic mass is 32.2. The van der Waals surface area contributed by atoms with Crippen LogP contribution in [0.5, 0.6) is 0 Å². The van der Waals surface area contributed by atoms with Crippen molar-refractivity contribution < 1.29 is 13.4 Å². The van der Waals surface area contributed by atoms with Gasteiger partial charge in [0.05, 0.1) is 11.6 Å². The van der Waals surface area contributed by atoms with Gasteiger partial charge in [-0.05, 0) is 27.2 Å². The molecule has 0 aromatic carbocycles. The van der Waals surface area contributed by atoms with E-state index in [0.717, 1.165) is 10.5 Å². The summed E-state index contributed by atoms with van der Waals surface area (Å²) in [5, 5.41) is 4.63. The second kappa shape index (κ2) is 6.66. The molecule has 0 spiro atoms. The van der Waals surface area contributed by atoms with Crippen LogP contribution >= 0.6 is 12.3 Å². The molecule has 0 N–H and O–H groups in total. The lowest BCUT2D eigenvalue weighted by atomic mass is 10.2. The van der Waals surface area contributed by atoms with Gasteiger partial charge in [-0.3, -0.25) is 0 Å². The molecule has 1 fully saturated rings. The molecule has 1 aliphatic heterocycles. The monoisotopic (exact) mass is 368 g/mol. The zero-order valence-corrected chi connectivity index (χ0v) is 15.5. The van der Waals surface area contributed by atoms with Crippen molar-refractivity contribution in [3.63, 3.8) is 0 Å². The molecule has 8 nitrogen and oxygen atoms in total. The average Bonchev–Trinajstić information content (AvgIpc) is 3.19. The Balaban J connectivity index is 1.75. The third-order valence-electron chi connectivity index (χ3n) is 4.08. The Morgan fingerprint density at radius 1 is 1.44 bits per heavy atom. The van der Waals surface area contributed by atoms with Crippen molar-refractivity contribution in [1.82, 2.24) is 24.1 Å². The zero-order valence-electron chi connectivity index (χ0n) is 14.6. The molecule has 1 saturated heterocycles. The van der Waals surface area contributed by atoms with Gasteiger partial charge in [0.1, 0.15) is 17.7 Å². The van der Waals surface area contributed by atoms with Gasteiger partial charge in [0, 0.05) is 26.2 Å². The second-order valence-electron chi connectivity index (χ2n) is 7.00. The van der Waals surface area contributed by atoms with Crippen molar-refractivity contribution in [2.45, 2.75) is 38.8 Å². The predicted octanol–water partition coefficient (Wildman–Crippen LogP) is 2.65. The van der Waals surface area contributed by atoms with Crippen LogP contribution in [0, 0.1) is 0 Å². The first-order valence-corrected chi connectivity index (χ1v) is 8.66. The predicted molar refractivity (Wildman–Crippen MR) is 94.0 cm³/mol. The minimum atomic E-state index is -0.515. The maximum atomic E-state index is 12.9. The Bertz CT molecular complexity index is 777. The number of hydrogen-bond donors (Lipinski definition) is 0. The van der Waals surface area contributed by atoms with Crippen LogP contribution in [0.25, 0.3) is 11.0 Å². The van der Waals surface area contributed by atoms with Crippen LogP contribution in [0.1, 0.15) is 27.2 Å². The number of ether oxygens (including phenoxy) is 1. The van der Waals surface area contributed by atoms with Crippen LogP contribution in [0.4, 0.5) is 14.5 Å². The Hall–Kier alpha value is -2.10. The van der Waals surface area contributed by atoms with Crippen LogP contribution in [0.15, 0.2) is 12.5 Å². The fourth-order valence-corrected chi connectivity index (χ4v) is 3.16. The Morgan fingerprint density at radius 2 is 2.20 bits per heavy atom. The molecular formula is C15H21FN6O2S. The maximum Gasteiger partial charge on any atom is 0.410 e. The van der Waals surface area contributed by atoms with Crippen molar-refractivity contribution in [2.24, 2.45) is 0 Å². The van der Waals surface area contributed by atoms with Crippen molar-refractivity contribution in [3.8, 4) is 0 Å². The summed E-state index contributed by atoms with van der Waals surface area (Å²) < 4.78 is 19.4. The first-order valence-electron chi connectivity index (χ1n) is 7.98. The number of carbonyl (C=O) groups is 1. The summed E-state index contributed by atoms with van der Waals surface area (Å²) in [4.78, 5) is 24.3. The summed E-state index contributed by atoms with van der Waals surface area (Å²) in [6.07, 6.45) is 3.43. The summed E-state index contributed by atoms with van der Waals surface area (Å²) >= 11 is -0.00550. The number of carbonyl (C=O) groups excluding carboxylic acids is 1. The van der Waals surface area contributed by atoms with Gasteiger partial charge >= 0.3 is 6.09 Å². The molecule has 0 bridgehead atoms. The molecule has 2 aromatic rings. The van der Waals surface area contributed by atoms with Crippen molar-refractivity contribution in [3.05, 3.63) is 12.5 Å². The zero-order chi connectivity index (χ0) is 18.2. The third-order valence-corrected chi connectivity index (χ3v) is 4.47. The lowest BCUT2D eigenvalue weighted by Gasteiger charge is -2.27. The highest BCUT2D eigenvalue weighted by Gasteiger charge is 2.32. The third kappa shape index (κ3) is 3.63. The molecule has 3 rings (SSSR count). The van der Waals surface area contributed by atoms with Crippen LogP contribution in [-0.2, 0) is 4.74 Å². The molecule has 1 amide bonds. The quantitative estimate of drug-likeness (QED) is 0.824. The summed E-state index contributed by atoms with van der Waals surface area (Å²) in [7, 11) is 1.91. The van der Waals surface area contributed by atoms with E-state index in [1.807, 2.05) is 32.7 Å². The van der Waals surface area contributed by atoms with E-state index in [1.165, 1.54) is 6.33 Å². The largest absolute Gasteiger partial charge is 0.444 e. The molecule has 1 atom stereocenters. The molecule has 25 heavy (non-hydrogen) atoms. The molecule has 1 aliphatic rings. The van der Waals surface area contributed by atoms with E-state index < -0.39 is 5.60 Å². The van der Waals surface area contributed by atoms with Crippen LogP contribution < -0.4 is 4.90 Å². The molecule has 0 saturated carbocycles. The van der Waals surface area contributed by atoms with Gasteiger partial charge in [-0.25, -0.2) is 14.8 Å². The topological polar surface area (TPSA) is 76.4 Å². The van der Waals surface area contributed by atoms with Gasteiger partial charge in [-0.2, -0.15) is 9.19 Å². The molecule has 0 radical (unpaired) electrons. The highest BCUT2D eigenvalue weighted by Crippen LogP contribution is 2.28. The van der Waals surface area contributed by atoms with Crippen LogP contribution in [-0.4, -0.2) is 61.9 Å². The van der Waals surface area contributed by atoms with Gasteiger partial charge in [0.25, 0.3) is 0 Å². The summed E-state index contributed by atoms with van der Waals surface area (Å²) in [5.74, 6) is 0.668. The highest BCUT2D eigenvalue weighted by molar-refractivity contribution is 7.92. The lowest BCUT2D eigenvalue weighted by molar-refractivity contribution is 0.0292. The number of aromatic nitrogens is 4. The maximum absolute atomic E-state index is 12.9. The molecule has 136 valence electrons. The van der Waals surface area contributed by atoms with E-state index >= 15 is 0 Å². The smallest absolute Gasteiger partial charge is 0.410 e. The SMILES string of the molecule is CN(c1ncnc2c1cnn2SF)C1CCN(C(=O)OC(C)(C)C)C1. The Kier molecular flexibility index (Phi) is 4.72. The van der Waals surface area contributed by atoms with E-state index in [-0.39, 0.29) is 24.5 Å². The average molecular weight is 368 g/mol. The summed E-state index contributed by atoms with van der Waals surface area (Å²) in [6, 6.07) is 0.0898. The number of hydrogen-bond acceptors (Lipinski definition) is 7. The fraction of sp³-hybridized carbons (Fsp3) is 0.600. The Morgan fingerprint density at radius 3 is 2.88 bits per heavy atom. The number of likely N-dealkylation sites (tertiary alicyclic amines) is 1. The molecule has 10 heteroatoms. The standard InChI is InChI=1S/C15H21FN6O2S/c1-15(2,3)24-14(23)21-6-5-10(8-21)20(4)12-11-7-19-22(25-16)13(11)18-9-17-12/h7,9-10H,5-6,8H2,1-4H3. The lowest BCUT2D eigenvalue weighted by Crippen LogP contribution is -2.39. The van der Waals surface area contributed by atoms with E-state index in [2.05, 4.69) is 15.1 Å². The van der Waals surface area contributed by atoms with Crippen molar-refractivity contribution in [1.29, 1.82) is 0 Å². The molecule has 1 unspecified atom stereocenters. The summed E-state index contributed by atoms with van der Waals surface area (Å²) in [6.45, 7) is 6.72. The van der Waals surface area contributed by atoms with E-state index in [9.17, 15) is 8.68 Å². The minimum Gasteiger partial charge on any atom is -0.444 e. The van der Waals surface area contributed by atoms with Crippen LogP contribution in [0.2, 0.25) is 0 Å². The van der Waals surface area contributed by atoms with E-state index in [0.29, 0.717) is 29.9 Å². The minimum absolute atomic E-state index is 0.00550. The number of rotatable bonds is 3. The fourth-order valence-electron chi connectivity index (χ4n) is 2.86. The van der Waals surface area contributed by atoms with Gasteiger partial charge < -0.3 is 14.5 Å². The molecule has 0 aliphatic carbocycles. The van der Waals surface area contributed by atoms with Gasteiger partial charge in [-0.15, -0.1) is 3.89 Å². The van der Waals surface area contributed by atoms with Gasteiger partial charge in [0.2, 0.25) is 0 Å². The first kappa shape index (κ1) is 17.7. The molecular weight excluding hydrogens is 347 g/mol. The van der Waals surface area contributed by atoms with Crippen LogP contribution in [0.3, 0.4) is 0 Å². The van der Waals surface area contributed by atoms with E-state index in [4.69, 9.17) is 4.74 Å².